The van der Waals surface area contributed by atoms with E-state index in [1.54, 1.807) is 7.11 Å². The average Bonchev–Trinajstić information content (AvgIpc) is 2.35. The third-order valence-electron chi connectivity index (χ3n) is 2.86. The van der Waals surface area contributed by atoms with Crippen LogP contribution in [0.25, 0.3) is 0 Å². The van der Waals surface area contributed by atoms with E-state index >= 15 is 0 Å². The van der Waals surface area contributed by atoms with E-state index in [0.717, 1.165) is 17.5 Å². The lowest BCUT2D eigenvalue weighted by molar-refractivity contribution is -0.00452. The predicted molar refractivity (Wildman–Crippen MR) is 68.4 cm³/mol. The fourth-order valence-electron chi connectivity index (χ4n) is 1.58. The van der Waals surface area contributed by atoms with Crippen LogP contribution in [0.4, 0.5) is 0 Å². The molecule has 0 saturated carbocycles. The highest BCUT2D eigenvalue weighted by Crippen LogP contribution is 2.26. The smallest absolute Gasteiger partial charge is 0.124 e. The number of benzene rings is 1. The van der Waals surface area contributed by atoms with Crippen LogP contribution < -0.4 is 4.74 Å². The highest BCUT2D eigenvalue weighted by Gasteiger charge is 2.14. The quantitative estimate of drug-likeness (QED) is 0.828. The second-order valence-electron chi connectivity index (χ2n) is 4.31. The molecule has 3 nitrogen and oxygen atoms in total. The second-order valence-corrected chi connectivity index (χ2v) is 4.31. The van der Waals surface area contributed by atoms with Crippen molar-refractivity contribution < 1.29 is 14.6 Å². The van der Waals surface area contributed by atoms with Crippen LogP contribution in [0.3, 0.4) is 0 Å². The maximum Gasteiger partial charge on any atom is 0.124 e. The monoisotopic (exact) mass is 238 g/mol. The van der Waals surface area contributed by atoms with E-state index in [0.29, 0.717) is 12.4 Å². The molecule has 0 amide bonds. The molecule has 2 unspecified atom stereocenters. The zero-order valence-corrected chi connectivity index (χ0v) is 11.1. The Balaban J connectivity index is 2.73. The van der Waals surface area contributed by atoms with Gasteiger partial charge < -0.3 is 14.6 Å². The summed E-state index contributed by atoms with van der Waals surface area (Å²) in [6.45, 7) is 6.35. The Hall–Kier alpha value is -1.06. The van der Waals surface area contributed by atoms with E-state index in [1.807, 2.05) is 32.0 Å². The van der Waals surface area contributed by atoms with Gasteiger partial charge in [-0.15, -0.1) is 0 Å². The summed E-state index contributed by atoms with van der Waals surface area (Å²) in [6.07, 6.45) is 0.469. The molecule has 0 spiro atoms. The molecule has 0 aliphatic carbocycles. The van der Waals surface area contributed by atoms with Crippen molar-refractivity contribution in [2.45, 2.75) is 39.4 Å². The minimum atomic E-state index is -0.640. The molecule has 96 valence electrons. The first-order valence-electron chi connectivity index (χ1n) is 6.02. The summed E-state index contributed by atoms with van der Waals surface area (Å²) in [5.74, 6) is 0.704. The fraction of sp³-hybridized carbons (Fsp3) is 0.571. The van der Waals surface area contributed by atoms with E-state index in [4.69, 9.17) is 9.47 Å². The van der Waals surface area contributed by atoms with Gasteiger partial charge in [0.2, 0.25) is 0 Å². The molecule has 0 heterocycles. The first-order chi connectivity index (χ1) is 8.08. The molecule has 0 aliphatic rings. The Labute approximate surface area is 103 Å². The van der Waals surface area contributed by atoms with Crippen LogP contribution in [0, 0.1) is 6.92 Å². The van der Waals surface area contributed by atoms with E-state index in [-0.39, 0.29) is 6.10 Å². The molecule has 0 aliphatic heterocycles. The normalized spacial score (nSPS) is 14.4. The summed E-state index contributed by atoms with van der Waals surface area (Å²) >= 11 is 0. The van der Waals surface area contributed by atoms with Crippen molar-refractivity contribution in [3.63, 3.8) is 0 Å². The molecule has 0 bridgehead atoms. The van der Waals surface area contributed by atoms with Gasteiger partial charge in [0.1, 0.15) is 11.9 Å². The highest BCUT2D eigenvalue weighted by molar-refractivity contribution is 5.38. The van der Waals surface area contributed by atoms with Crippen molar-refractivity contribution in [2.75, 3.05) is 13.7 Å². The lowest BCUT2D eigenvalue weighted by Gasteiger charge is -2.18. The molecule has 2 atom stereocenters. The minimum Gasteiger partial charge on any atom is -0.496 e. The predicted octanol–water partition coefficient (Wildman–Crippen LogP) is 2.85. The summed E-state index contributed by atoms with van der Waals surface area (Å²) < 4.78 is 10.8. The van der Waals surface area contributed by atoms with Crippen LogP contribution in [0.5, 0.6) is 5.75 Å². The van der Waals surface area contributed by atoms with E-state index in [9.17, 15) is 5.11 Å². The third-order valence-corrected chi connectivity index (χ3v) is 2.86. The number of hydrogen-bond acceptors (Lipinski definition) is 3. The Bertz CT molecular complexity index is 349. The number of rotatable bonds is 6. The molecular formula is C14H22O3. The fourth-order valence-corrected chi connectivity index (χ4v) is 1.58. The van der Waals surface area contributed by atoms with E-state index in [2.05, 4.69) is 6.92 Å². The highest BCUT2D eigenvalue weighted by atomic mass is 16.5. The van der Waals surface area contributed by atoms with Crippen LogP contribution in [-0.4, -0.2) is 24.9 Å². The Morgan fingerprint density at radius 1 is 1.35 bits per heavy atom. The SMILES string of the molecule is CCC(C)OCC(O)c1cc(C)ccc1OC. The van der Waals surface area contributed by atoms with E-state index < -0.39 is 6.10 Å². The first kappa shape index (κ1) is 14.0. The van der Waals surface area contributed by atoms with Gasteiger partial charge in [-0.2, -0.15) is 0 Å². The van der Waals surface area contributed by atoms with Gasteiger partial charge in [-0.1, -0.05) is 18.6 Å². The number of methoxy groups -OCH3 is 1. The summed E-state index contributed by atoms with van der Waals surface area (Å²) in [6, 6.07) is 5.77. The zero-order valence-electron chi connectivity index (χ0n) is 11.1. The molecule has 3 heteroatoms. The number of ether oxygens (including phenoxy) is 2. The Morgan fingerprint density at radius 2 is 2.06 bits per heavy atom. The molecule has 0 aromatic heterocycles. The Morgan fingerprint density at radius 3 is 2.65 bits per heavy atom. The van der Waals surface area contributed by atoms with Gasteiger partial charge in [0, 0.05) is 5.56 Å². The molecule has 1 N–H and O–H groups in total. The van der Waals surface area contributed by atoms with Crippen LogP contribution in [-0.2, 0) is 4.74 Å². The zero-order chi connectivity index (χ0) is 12.8. The summed E-state index contributed by atoms with van der Waals surface area (Å²) in [7, 11) is 1.61. The van der Waals surface area contributed by atoms with Crippen LogP contribution in [0.1, 0.15) is 37.5 Å². The summed E-state index contributed by atoms with van der Waals surface area (Å²) in [5, 5.41) is 10.1. The molecule has 1 aromatic rings. The van der Waals surface area contributed by atoms with Crippen LogP contribution in [0.15, 0.2) is 18.2 Å². The summed E-state index contributed by atoms with van der Waals surface area (Å²) in [4.78, 5) is 0. The topological polar surface area (TPSA) is 38.7 Å². The van der Waals surface area contributed by atoms with Crippen molar-refractivity contribution in [3.05, 3.63) is 29.3 Å². The van der Waals surface area contributed by atoms with Gasteiger partial charge in [0.15, 0.2) is 0 Å². The Kier molecular flexibility index (Phi) is 5.45. The molecular weight excluding hydrogens is 216 g/mol. The molecule has 0 fully saturated rings. The largest absolute Gasteiger partial charge is 0.496 e. The van der Waals surface area contributed by atoms with Crippen molar-refractivity contribution in [3.8, 4) is 5.75 Å². The van der Waals surface area contributed by atoms with Gasteiger partial charge >= 0.3 is 0 Å². The molecule has 1 rings (SSSR count). The number of aryl methyl sites for hydroxylation is 1. The standard InChI is InChI=1S/C14H22O3/c1-5-11(3)17-9-13(15)12-8-10(2)6-7-14(12)16-4/h6-8,11,13,15H,5,9H2,1-4H3. The van der Waals surface area contributed by atoms with Gasteiger partial charge in [0.05, 0.1) is 19.8 Å². The van der Waals surface area contributed by atoms with Gasteiger partial charge in [-0.05, 0) is 32.4 Å². The first-order valence-corrected chi connectivity index (χ1v) is 6.02. The van der Waals surface area contributed by atoms with Gasteiger partial charge in [0.25, 0.3) is 0 Å². The van der Waals surface area contributed by atoms with E-state index in [1.165, 1.54) is 0 Å². The van der Waals surface area contributed by atoms with Crippen molar-refractivity contribution >= 4 is 0 Å². The van der Waals surface area contributed by atoms with Crippen molar-refractivity contribution in [1.82, 2.24) is 0 Å². The molecule has 17 heavy (non-hydrogen) atoms. The number of aliphatic hydroxyl groups is 1. The van der Waals surface area contributed by atoms with Gasteiger partial charge in [-0.25, -0.2) is 0 Å². The molecule has 0 radical (unpaired) electrons. The van der Waals surface area contributed by atoms with Crippen molar-refractivity contribution in [2.24, 2.45) is 0 Å². The van der Waals surface area contributed by atoms with Crippen LogP contribution >= 0.6 is 0 Å². The number of aliphatic hydroxyl groups excluding tert-OH is 1. The number of hydrogen-bond donors (Lipinski definition) is 1. The third kappa shape index (κ3) is 4.02. The summed E-state index contributed by atoms with van der Waals surface area (Å²) in [5.41, 5.74) is 1.89. The minimum absolute atomic E-state index is 0.167. The second kappa shape index (κ2) is 6.62. The molecule has 0 saturated heterocycles. The average molecular weight is 238 g/mol. The lowest BCUT2D eigenvalue weighted by atomic mass is 10.1. The van der Waals surface area contributed by atoms with Crippen LogP contribution in [0.2, 0.25) is 0 Å². The maximum atomic E-state index is 10.1. The van der Waals surface area contributed by atoms with Crippen molar-refractivity contribution in [1.29, 1.82) is 0 Å². The maximum absolute atomic E-state index is 10.1. The molecule has 1 aromatic carbocycles. The lowest BCUT2D eigenvalue weighted by Crippen LogP contribution is -2.14. The van der Waals surface area contributed by atoms with Gasteiger partial charge in [-0.3, -0.25) is 0 Å².